The van der Waals surface area contributed by atoms with Crippen LogP contribution in [0.1, 0.15) is 55.4 Å². The number of thiophene rings is 1. The lowest BCUT2D eigenvalue weighted by Gasteiger charge is -2.23. The fourth-order valence-corrected chi connectivity index (χ4v) is 5.10. The molecule has 1 unspecified atom stereocenters. The minimum Gasteiger partial charge on any atom is -0.349 e. The van der Waals surface area contributed by atoms with E-state index in [9.17, 15) is 9.59 Å². The van der Waals surface area contributed by atoms with Crippen molar-refractivity contribution in [1.29, 1.82) is 0 Å². The molecule has 1 aliphatic rings. The van der Waals surface area contributed by atoms with Gasteiger partial charge in [0.1, 0.15) is 6.04 Å². The summed E-state index contributed by atoms with van der Waals surface area (Å²) >= 11 is 13.2. The topological polar surface area (TPSA) is 91.8 Å². The molecule has 168 valence electrons. The van der Waals surface area contributed by atoms with Gasteiger partial charge in [-0.15, -0.1) is 11.3 Å². The van der Waals surface area contributed by atoms with E-state index >= 15 is 0 Å². The molecule has 1 saturated carbocycles. The standard InChI is InChI=1S/C22H24ClN5O2S2/c1-13(28-19(26-27-22(28)31)18-8-5-11-32-18)20(29)25-15-9-10-17(23)16(12-15)21(30)24-14-6-3-2-4-7-14/h5,8-14H,2-4,6-7H2,1H3,(H,24,30)(H,25,29)(H,27,31). The summed E-state index contributed by atoms with van der Waals surface area (Å²) in [7, 11) is 0. The molecule has 1 aliphatic carbocycles. The highest BCUT2D eigenvalue weighted by Crippen LogP contribution is 2.27. The second kappa shape index (κ2) is 9.97. The molecule has 1 aromatic carbocycles. The van der Waals surface area contributed by atoms with Crippen molar-refractivity contribution >= 4 is 52.7 Å². The van der Waals surface area contributed by atoms with E-state index in [2.05, 4.69) is 20.8 Å². The monoisotopic (exact) mass is 489 g/mol. The number of aromatic amines is 1. The maximum absolute atomic E-state index is 13.0. The molecule has 3 aromatic rings. The molecular formula is C22H24ClN5O2S2. The Hall–Kier alpha value is -2.49. The third kappa shape index (κ3) is 4.95. The first kappa shape index (κ1) is 22.7. The molecule has 2 aromatic heterocycles. The number of nitrogens with zero attached hydrogens (tertiary/aromatic N) is 2. The van der Waals surface area contributed by atoms with Crippen molar-refractivity contribution in [2.45, 2.75) is 51.1 Å². The number of carbonyl (C=O) groups is 2. The maximum atomic E-state index is 13.0. The van der Waals surface area contributed by atoms with Crippen molar-refractivity contribution < 1.29 is 9.59 Å². The summed E-state index contributed by atoms with van der Waals surface area (Å²) in [5, 5.41) is 15.3. The zero-order valence-corrected chi connectivity index (χ0v) is 19.9. The lowest BCUT2D eigenvalue weighted by molar-refractivity contribution is -0.118. The van der Waals surface area contributed by atoms with Gasteiger partial charge in [-0.2, -0.15) is 5.10 Å². The molecule has 0 saturated heterocycles. The summed E-state index contributed by atoms with van der Waals surface area (Å²) in [4.78, 5) is 26.7. The van der Waals surface area contributed by atoms with Crippen molar-refractivity contribution in [3.63, 3.8) is 0 Å². The zero-order chi connectivity index (χ0) is 22.7. The fraction of sp³-hybridized carbons (Fsp3) is 0.364. The lowest BCUT2D eigenvalue weighted by Crippen LogP contribution is -2.36. The Morgan fingerprint density at radius 3 is 2.78 bits per heavy atom. The van der Waals surface area contributed by atoms with Crippen molar-refractivity contribution in [2.75, 3.05) is 5.32 Å². The van der Waals surface area contributed by atoms with Gasteiger partial charge in [-0.05, 0) is 61.6 Å². The molecule has 2 amide bonds. The highest BCUT2D eigenvalue weighted by Gasteiger charge is 2.23. The van der Waals surface area contributed by atoms with Crippen molar-refractivity contribution in [3.8, 4) is 10.7 Å². The average molecular weight is 490 g/mol. The van der Waals surface area contributed by atoms with Crippen LogP contribution in [0.25, 0.3) is 10.7 Å². The van der Waals surface area contributed by atoms with E-state index in [0.29, 0.717) is 26.9 Å². The Morgan fingerprint density at radius 1 is 1.28 bits per heavy atom. The first-order valence-corrected chi connectivity index (χ1v) is 12.2. The number of aromatic nitrogens is 3. The van der Waals surface area contributed by atoms with Crippen LogP contribution in [0.4, 0.5) is 5.69 Å². The van der Waals surface area contributed by atoms with Gasteiger partial charge in [0.25, 0.3) is 5.91 Å². The van der Waals surface area contributed by atoms with Crippen LogP contribution < -0.4 is 10.6 Å². The molecule has 10 heteroatoms. The van der Waals surface area contributed by atoms with E-state index in [1.807, 2.05) is 17.5 Å². The number of hydrogen-bond acceptors (Lipinski definition) is 5. The number of halogens is 1. The number of nitrogens with one attached hydrogen (secondary N) is 3. The number of amides is 2. The highest BCUT2D eigenvalue weighted by atomic mass is 35.5. The van der Waals surface area contributed by atoms with Crippen LogP contribution in [0.2, 0.25) is 5.02 Å². The van der Waals surface area contributed by atoms with Gasteiger partial charge in [-0.1, -0.05) is 36.9 Å². The Balaban J connectivity index is 1.50. The summed E-state index contributed by atoms with van der Waals surface area (Å²) in [6.07, 6.45) is 5.42. The smallest absolute Gasteiger partial charge is 0.253 e. The highest BCUT2D eigenvalue weighted by molar-refractivity contribution is 7.71. The number of H-pyrrole nitrogens is 1. The Morgan fingerprint density at radius 2 is 2.06 bits per heavy atom. The second-order valence-electron chi connectivity index (χ2n) is 7.87. The van der Waals surface area contributed by atoms with Crippen LogP contribution in [0, 0.1) is 4.77 Å². The van der Waals surface area contributed by atoms with Crippen LogP contribution in [-0.4, -0.2) is 32.6 Å². The minimum atomic E-state index is -0.617. The first-order valence-electron chi connectivity index (χ1n) is 10.6. The molecule has 3 N–H and O–H groups in total. The van der Waals surface area contributed by atoms with Crippen LogP contribution in [0.5, 0.6) is 0 Å². The van der Waals surface area contributed by atoms with Gasteiger partial charge in [0.2, 0.25) is 5.91 Å². The maximum Gasteiger partial charge on any atom is 0.253 e. The molecule has 1 fully saturated rings. The number of rotatable bonds is 6. The van der Waals surface area contributed by atoms with Crippen LogP contribution in [-0.2, 0) is 4.79 Å². The molecule has 4 rings (SSSR count). The van der Waals surface area contributed by atoms with Gasteiger partial charge in [0.05, 0.1) is 15.5 Å². The van der Waals surface area contributed by atoms with Gasteiger partial charge < -0.3 is 10.6 Å². The molecule has 1 atom stereocenters. The van der Waals surface area contributed by atoms with Crippen LogP contribution in [0.15, 0.2) is 35.7 Å². The van der Waals surface area contributed by atoms with Crippen molar-refractivity contribution in [2.24, 2.45) is 0 Å². The van der Waals surface area contributed by atoms with E-state index in [1.165, 1.54) is 17.8 Å². The summed E-state index contributed by atoms with van der Waals surface area (Å²) in [6.45, 7) is 1.75. The Labute approximate surface area is 200 Å². The van der Waals surface area contributed by atoms with Crippen LogP contribution >= 0.6 is 35.2 Å². The zero-order valence-electron chi connectivity index (χ0n) is 17.6. The minimum absolute atomic E-state index is 0.171. The molecule has 32 heavy (non-hydrogen) atoms. The number of hydrogen-bond donors (Lipinski definition) is 3. The number of anilines is 1. The van der Waals surface area contributed by atoms with Gasteiger partial charge in [-0.25, -0.2) is 0 Å². The predicted molar refractivity (Wildman–Crippen MR) is 130 cm³/mol. The summed E-state index contributed by atoms with van der Waals surface area (Å²) in [6, 6.07) is 8.31. The Bertz CT molecular complexity index is 1170. The number of benzene rings is 1. The van der Waals surface area contributed by atoms with E-state index in [0.717, 1.165) is 30.6 Å². The van der Waals surface area contributed by atoms with Gasteiger partial charge in [0, 0.05) is 11.7 Å². The fourth-order valence-electron chi connectivity index (χ4n) is 3.89. The third-order valence-corrected chi connectivity index (χ3v) is 7.12. The number of carbonyl (C=O) groups excluding carboxylic acids is 2. The van der Waals surface area contributed by atoms with Crippen molar-refractivity contribution in [1.82, 2.24) is 20.1 Å². The lowest BCUT2D eigenvalue weighted by atomic mass is 9.95. The van der Waals surface area contributed by atoms with E-state index in [1.54, 1.807) is 29.7 Å². The van der Waals surface area contributed by atoms with E-state index in [-0.39, 0.29) is 17.9 Å². The average Bonchev–Trinajstić information content (AvgIpc) is 3.45. The molecular weight excluding hydrogens is 466 g/mol. The predicted octanol–water partition coefficient (Wildman–Crippen LogP) is 5.58. The molecule has 0 spiro atoms. The molecule has 7 nitrogen and oxygen atoms in total. The third-order valence-electron chi connectivity index (χ3n) is 5.63. The van der Waals surface area contributed by atoms with Gasteiger partial charge >= 0.3 is 0 Å². The molecule has 0 bridgehead atoms. The first-order chi connectivity index (χ1) is 15.4. The van der Waals surface area contributed by atoms with Crippen molar-refractivity contribution in [3.05, 3.63) is 51.1 Å². The summed E-state index contributed by atoms with van der Waals surface area (Å²) in [5.41, 5.74) is 0.842. The molecule has 2 heterocycles. The largest absolute Gasteiger partial charge is 0.349 e. The summed E-state index contributed by atoms with van der Waals surface area (Å²) in [5.74, 6) is 0.112. The quantitative estimate of drug-likeness (QED) is 0.394. The SMILES string of the molecule is CC(C(=O)Nc1ccc(Cl)c(C(=O)NC2CCCCC2)c1)n1c(-c2cccs2)n[nH]c1=S. The Kier molecular flexibility index (Phi) is 7.07. The van der Waals surface area contributed by atoms with E-state index in [4.69, 9.17) is 23.8 Å². The molecule has 0 radical (unpaired) electrons. The summed E-state index contributed by atoms with van der Waals surface area (Å²) < 4.78 is 2.04. The van der Waals surface area contributed by atoms with Gasteiger partial charge in [-0.3, -0.25) is 19.3 Å². The van der Waals surface area contributed by atoms with Crippen LogP contribution in [0.3, 0.4) is 0 Å². The normalized spacial score (nSPS) is 15.3. The van der Waals surface area contributed by atoms with E-state index < -0.39 is 6.04 Å². The van der Waals surface area contributed by atoms with Gasteiger partial charge in [0.15, 0.2) is 10.6 Å². The second-order valence-corrected chi connectivity index (χ2v) is 9.61. The molecule has 0 aliphatic heterocycles.